The van der Waals surface area contributed by atoms with Crippen LogP contribution in [0.4, 0.5) is 5.69 Å². The highest BCUT2D eigenvalue weighted by molar-refractivity contribution is 6.20. The molecule has 1 aromatic carbocycles. The van der Waals surface area contributed by atoms with Crippen molar-refractivity contribution in [2.75, 3.05) is 0 Å². The summed E-state index contributed by atoms with van der Waals surface area (Å²) in [5.74, 6) is 0. The molecular weight excluding hydrogens is 208 g/mol. The summed E-state index contributed by atoms with van der Waals surface area (Å²) >= 11 is 5.63. The summed E-state index contributed by atoms with van der Waals surface area (Å²) in [4.78, 5) is 23.0. The molecule has 0 bridgehead atoms. The molecule has 0 heterocycles. The lowest BCUT2D eigenvalue weighted by Crippen LogP contribution is -1.91. The first kappa shape index (κ1) is 10.4. The summed E-state index contributed by atoms with van der Waals surface area (Å²) in [6.07, 6.45) is 1.29. The van der Waals surface area contributed by atoms with Gasteiger partial charge in [-0.3, -0.25) is 10.1 Å². The molecule has 0 aromatic heterocycles. The van der Waals surface area contributed by atoms with Crippen LogP contribution < -0.4 is 0 Å². The highest BCUT2D eigenvalue weighted by Crippen LogP contribution is 2.24. The van der Waals surface area contributed by atoms with Gasteiger partial charge in [-0.15, -0.1) is 0 Å². The number of carbonyl (C=O) groups excluding carboxylic acids is 1. The summed E-state index contributed by atoms with van der Waals surface area (Å²) in [7, 11) is 0. The van der Waals surface area contributed by atoms with Crippen molar-refractivity contribution in [3.63, 3.8) is 0 Å². The van der Waals surface area contributed by atoms with E-state index in [0.717, 1.165) is 0 Å². The Morgan fingerprint density at radius 2 is 2.29 bits per heavy atom. The number of hydrogen-bond donors (Lipinski definition) is 0. The number of nitro groups is 1. The first-order valence-corrected chi connectivity index (χ1v) is 4.04. The highest BCUT2D eigenvalue weighted by Gasteiger charge is 2.10. The van der Waals surface area contributed by atoms with Crippen molar-refractivity contribution in [3.05, 3.63) is 39.9 Å². The fraction of sp³-hybridized carbons (Fsp3) is 0.125. The fourth-order valence-electron chi connectivity index (χ4n) is 0.907. The summed E-state index contributed by atoms with van der Waals surface area (Å²) in [6.45, 7) is 0. The second-order valence-electron chi connectivity index (χ2n) is 2.41. The Balaban J connectivity index is 3.04. The van der Waals surface area contributed by atoms with Gasteiger partial charge < -0.3 is 0 Å². The maximum absolute atomic E-state index is 10.4. The Labute approximate surface area is 84.2 Å². The molecule has 72 valence electrons. The van der Waals surface area contributed by atoms with Crippen LogP contribution in [0, 0.1) is 10.1 Å². The van der Waals surface area contributed by atoms with Crippen LogP contribution in [0.5, 0.6) is 0 Å². The van der Waals surface area contributed by atoms with E-state index in [9.17, 15) is 14.9 Å². The highest BCUT2D eigenvalue weighted by atomic mass is 35.5. The molecular formula is C8H5ClN2O3. The van der Waals surface area contributed by atoms with Crippen LogP contribution in [0.2, 0.25) is 0 Å². The quantitative estimate of drug-likeness (QED) is 0.192. The molecule has 0 amide bonds. The lowest BCUT2D eigenvalue weighted by Gasteiger charge is -2.00. The predicted octanol–water partition coefficient (Wildman–Crippen LogP) is 2.17. The SMILES string of the molecule is O=C=NC(Cl)c1cccc([N+](=O)[O-])c1. The number of non-ortho nitro benzene ring substituents is 1. The van der Waals surface area contributed by atoms with Crippen molar-refractivity contribution in [2.24, 2.45) is 4.99 Å². The lowest BCUT2D eigenvalue weighted by atomic mass is 10.2. The molecule has 0 radical (unpaired) electrons. The van der Waals surface area contributed by atoms with Crippen molar-refractivity contribution in [1.29, 1.82) is 0 Å². The average molecular weight is 213 g/mol. The van der Waals surface area contributed by atoms with Crippen LogP contribution >= 0.6 is 11.6 Å². The van der Waals surface area contributed by atoms with Crippen molar-refractivity contribution in [1.82, 2.24) is 0 Å². The maximum atomic E-state index is 10.4. The van der Waals surface area contributed by atoms with Crippen LogP contribution in [0.3, 0.4) is 0 Å². The first-order chi connectivity index (χ1) is 6.65. The maximum Gasteiger partial charge on any atom is 0.269 e. The van der Waals surface area contributed by atoms with Crippen LogP contribution in [0.1, 0.15) is 11.1 Å². The van der Waals surface area contributed by atoms with Gasteiger partial charge >= 0.3 is 0 Å². The molecule has 1 atom stereocenters. The number of rotatable bonds is 3. The normalized spacial score (nSPS) is 11.5. The Hall–Kier alpha value is -1.71. The standard InChI is InChI=1S/C8H5ClN2O3/c9-8(10-5-12)6-2-1-3-7(4-6)11(13)14/h1-4,8H. The summed E-state index contributed by atoms with van der Waals surface area (Å²) in [5.41, 5.74) is -0.620. The molecule has 0 aliphatic heterocycles. The molecule has 1 rings (SSSR count). The van der Waals surface area contributed by atoms with Crippen LogP contribution in [-0.4, -0.2) is 11.0 Å². The molecule has 1 unspecified atom stereocenters. The van der Waals surface area contributed by atoms with Crippen LogP contribution in [0.15, 0.2) is 29.3 Å². The number of halogens is 1. The Morgan fingerprint density at radius 1 is 1.57 bits per heavy atom. The number of aliphatic imine (C=N–C) groups is 1. The smallest absolute Gasteiger partial charge is 0.258 e. The number of hydrogen-bond acceptors (Lipinski definition) is 4. The van der Waals surface area contributed by atoms with Gasteiger partial charge in [0.1, 0.15) is 0 Å². The number of alkyl halides is 1. The molecule has 1 aromatic rings. The minimum absolute atomic E-state index is 0.0887. The molecule has 14 heavy (non-hydrogen) atoms. The number of benzene rings is 1. The molecule has 0 fully saturated rings. The molecule has 0 aliphatic rings. The number of nitrogens with zero attached hydrogens (tertiary/aromatic N) is 2. The minimum atomic E-state index is -0.924. The molecule has 0 saturated carbocycles. The summed E-state index contributed by atoms with van der Waals surface area (Å²) < 4.78 is 0. The zero-order valence-electron chi connectivity index (χ0n) is 6.88. The lowest BCUT2D eigenvalue weighted by molar-refractivity contribution is -0.384. The van der Waals surface area contributed by atoms with Crippen LogP contribution in [0.25, 0.3) is 0 Å². The molecule has 0 saturated heterocycles. The Kier molecular flexibility index (Phi) is 3.34. The van der Waals surface area contributed by atoms with Gasteiger partial charge in [0.05, 0.1) is 4.92 Å². The average Bonchev–Trinajstić information content (AvgIpc) is 2.18. The zero-order chi connectivity index (χ0) is 10.6. The predicted molar refractivity (Wildman–Crippen MR) is 49.8 cm³/mol. The molecule has 0 N–H and O–H groups in total. The van der Waals surface area contributed by atoms with Gasteiger partial charge in [0, 0.05) is 12.1 Å². The topological polar surface area (TPSA) is 72.6 Å². The van der Waals surface area contributed by atoms with E-state index in [1.165, 1.54) is 24.3 Å². The molecule has 0 aliphatic carbocycles. The van der Waals surface area contributed by atoms with Crippen molar-refractivity contribution in [3.8, 4) is 0 Å². The van der Waals surface area contributed by atoms with Gasteiger partial charge in [0.15, 0.2) is 5.50 Å². The first-order valence-electron chi connectivity index (χ1n) is 3.60. The molecule has 6 heteroatoms. The monoisotopic (exact) mass is 212 g/mol. The second-order valence-corrected chi connectivity index (χ2v) is 2.82. The molecule has 5 nitrogen and oxygen atoms in total. The number of nitro benzene ring substituents is 1. The van der Waals surface area contributed by atoms with E-state index in [1.807, 2.05) is 0 Å². The van der Waals surface area contributed by atoms with Crippen molar-refractivity contribution >= 4 is 23.4 Å². The second kappa shape index (κ2) is 4.50. The molecule has 0 spiro atoms. The largest absolute Gasteiger partial charge is 0.269 e. The van der Waals surface area contributed by atoms with Gasteiger partial charge in [0.25, 0.3) is 5.69 Å². The minimum Gasteiger partial charge on any atom is -0.258 e. The zero-order valence-corrected chi connectivity index (χ0v) is 7.64. The van der Waals surface area contributed by atoms with E-state index in [2.05, 4.69) is 4.99 Å². The van der Waals surface area contributed by atoms with Gasteiger partial charge in [0.2, 0.25) is 6.08 Å². The van der Waals surface area contributed by atoms with Gasteiger partial charge in [-0.2, -0.15) is 4.99 Å². The Bertz CT molecular complexity index is 401. The van der Waals surface area contributed by atoms with E-state index in [1.54, 1.807) is 6.07 Å². The van der Waals surface area contributed by atoms with E-state index in [4.69, 9.17) is 11.6 Å². The third kappa shape index (κ3) is 2.39. The summed E-state index contributed by atoms with van der Waals surface area (Å²) in [5, 5.41) is 10.4. The Morgan fingerprint density at radius 3 is 2.86 bits per heavy atom. The summed E-state index contributed by atoms with van der Waals surface area (Å²) in [6, 6.07) is 5.62. The van der Waals surface area contributed by atoms with Crippen molar-refractivity contribution in [2.45, 2.75) is 5.50 Å². The van der Waals surface area contributed by atoms with Gasteiger partial charge in [-0.05, 0) is 5.56 Å². The third-order valence-corrected chi connectivity index (χ3v) is 1.87. The fourth-order valence-corrected chi connectivity index (χ4v) is 1.08. The van der Waals surface area contributed by atoms with Gasteiger partial charge in [-0.25, -0.2) is 4.79 Å². The van der Waals surface area contributed by atoms with E-state index >= 15 is 0 Å². The van der Waals surface area contributed by atoms with E-state index in [0.29, 0.717) is 5.56 Å². The van der Waals surface area contributed by atoms with E-state index in [-0.39, 0.29) is 5.69 Å². The van der Waals surface area contributed by atoms with Crippen LogP contribution in [-0.2, 0) is 4.79 Å². The van der Waals surface area contributed by atoms with Crippen molar-refractivity contribution < 1.29 is 9.72 Å². The number of isocyanates is 1. The van der Waals surface area contributed by atoms with Gasteiger partial charge in [-0.1, -0.05) is 23.7 Å². The third-order valence-electron chi connectivity index (χ3n) is 1.52. The van der Waals surface area contributed by atoms with E-state index < -0.39 is 10.4 Å².